The Bertz CT molecular complexity index is 481. The molecular formula is C15H27IN4O2. The minimum absolute atomic E-state index is 0. The number of nitrogens with one attached hydrogen (secondary N) is 1. The van der Waals surface area contributed by atoms with Crippen LogP contribution in [-0.2, 0) is 0 Å². The van der Waals surface area contributed by atoms with Crippen molar-refractivity contribution in [1.29, 1.82) is 0 Å². The second kappa shape index (κ2) is 10.5. The van der Waals surface area contributed by atoms with Crippen molar-refractivity contribution in [1.82, 2.24) is 4.90 Å². The van der Waals surface area contributed by atoms with Crippen molar-refractivity contribution in [3.63, 3.8) is 0 Å². The molecule has 6 nitrogen and oxygen atoms in total. The maximum absolute atomic E-state index is 5.91. The zero-order chi connectivity index (χ0) is 15.8. The first-order valence-corrected chi connectivity index (χ1v) is 6.97. The van der Waals surface area contributed by atoms with Gasteiger partial charge in [0.25, 0.3) is 0 Å². The Morgan fingerprint density at radius 2 is 2.00 bits per heavy atom. The van der Waals surface area contributed by atoms with Crippen molar-refractivity contribution in [2.24, 2.45) is 10.7 Å². The summed E-state index contributed by atoms with van der Waals surface area (Å²) in [6.45, 7) is 5.79. The van der Waals surface area contributed by atoms with Crippen molar-refractivity contribution >= 4 is 35.6 Å². The van der Waals surface area contributed by atoms with Crippen LogP contribution in [-0.4, -0.2) is 51.3 Å². The topological polar surface area (TPSA) is 72.1 Å². The molecule has 0 aliphatic rings. The Morgan fingerprint density at radius 3 is 2.55 bits per heavy atom. The Kier molecular flexibility index (Phi) is 9.91. The highest BCUT2D eigenvalue weighted by molar-refractivity contribution is 14.0. The summed E-state index contributed by atoms with van der Waals surface area (Å²) in [7, 11) is 5.29. The van der Waals surface area contributed by atoms with E-state index in [9.17, 15) is 0 Å². The van der Waals surface area contributed by atoms with Gasteiger partial charge in [0.1, 0.15) is 11.5 Å². The minimum Gasteiger partial charge on any atom is -0.497 e. The summed E-state index contributed by atoms with van der Waals surface area (Å²) in [5.41, 5.74) is 6.64. The number of hydrogen-bond donors (Lipinski definition) is 2. The number of methoxy groups -OCH3 is 2. The lowest BCUT2D eigenvalue weighted by Crippen LogP contribution is -2.30. The number of hydrogen-bond acceptors (Lipinski definition) is 4. The van der Waals surface area contributed by atoms with E-state index in [-0.39, 0.29) is 24.0 Å². The lowest BCUT2D eigenvalue weighted by atomic mass is 10.2. The quantitative estimate of drug-likeness (QED) is 0.401. The molecule has 0 aliphatic carbocycles. The molecule has 7 heteroatoms. The average Bonchev–Trinajstić information content (AvgIpc) is 2.46. The molecular weight excluding hydrogens is 395 g/mol. The fraction of sp³-hybridized carbons (Fsp3) is 0.533. The molecule has 1 rings (SSSR count). The number of anilines is 1. The number of halogens is 1. The molecule has 3 N–H and O–H groups in total. The first-order valence-electron chi connectivity index (χ1n) is 6.97. The number of nitrogens with zero attached hydrogens (tertiary/aromatic N) is 2. The molecule has 0 amide bonds. The minimum atomic E-state index is 0. The van der Waals surface area contributed by atoms with Gasteiger partial charge in [-0.3, -0.25) is 4.99 Å². The van der Waals surface area contributed by atoms with Gasteiger partial charge in [-0.1, -0.05) is 0 Å². The third kappa shape index (κ3) is 6.69. The molecule has 1 aromatic rings. The largest absolute Gasteiger partial charge is 0.497 e. The summed E-state index contributed by atoms with van der Waals surface area (Å²) in [6.07, 6.45) is 0. The normalized spacial score (nSPS) is 11.3. The van der Waals surface area contributed by atoms with Crippen LogP contribution < -0.4 is 20.5 Å². The molecule has 22 heavy (non-hydrogen) atoms. The smallest absolute Gasteiger partial charge is 0.193 e. The van der Waals surface area contributed by atoms with Crippen LogP contribution in [0.15, 0.2) is 23.2 Å². The summed E-state index contributed by atoms with van der Waals surface area (Å²) in [4.78, 5) is 6.53. The first kappa shape index (κ1) is 20.8. The highest BCUT2D eigenvalue weighted by atomic mass is 127. The summed E-state index contributed by atoms with van der Waals surface area (Å²) >= 11 is 0. The standard InChI is InChI=1S/C15H26N4O2.HI/c1-11(2)19(3)9-8-17-15(16)18-13-10-12(20-4)6-7-14(13)21-5;/h6-7,10-11H,8-9H2,1-5H3,(H3,16,17,18);1H. The molecule has 0 saturated heterocycles. The zero-order valence-electron chi connectivity index (χ0n) is 13.9. The average molecular weight is 422 g/mol. The Hall–Kier alpha value is -1.22. The third-order valence-electron chi connectivity index (χ3n) is 3.29. The summed E-state index contributed by atoms with van der Waals surface area (Å²) in [6, 6.07) is 5.96. The number of rotatable bonds is 7. The Balaban J connectivity index is 0.00000441. The summed E-state index contributed by atoms with van der Waals surface area (Å²) < 4.78 is 10.5. The van der Waals surface area contributed by atoms with E-state index in [1.54, 1.807) is 14.2 Å². The van der Waals surface area contributed by atoms with E-state index in [4.69, 9.17) is 15.2 Å². The highest BCUT2D eigenvalue weighted by Crippen LogP contribution is 2.28. The van der Waals surface area contributed by atoms with Crippen LogP contribution in [0.25, 0.3) is 0 Å². The first-order chi connectivity index (χ1) is 9.97. The Morgan fingerprint density at radius 1 is 1.32 bits per heavy atom. The molecule has 0 aromatic heterocycles. The van der Waals surface area contributed by atoms with E-state index in [1.165, 1.54) is 0 Å². The number of ether oxygens (including phenoxy) is 2. The maximum atomic E-state index is 5.91. The van der Waals surface area contributed by atoms with Gasteiger partial charge >= 0.3 is 0 Å². The van der Waals surface area contributed by atoms with Gasteiger partial charge in [-0.2, -0.15) is 0 Å². The number of guanidine groups is 1. The van der Waals surface area contributed by atoms with Crippen molar-refractivity contribution in [3.8, 4) is 11.5 Å². The van der Waals surface area contributed by atoms with Crippen LogP contribution in [0.1, 0.15) is 13.8 Å². The molecule has 0 spiro atoms. The third-order valence-corrected chi connectivity index (χ3v) is 3.29. The molecule has 126 valence electrons. The second-order valence-electron chi connectivity index (χ2n) is 5.03. The predicted octanol–water partition coefficient (Wildman–Crippen LogP) is 2.39. The Labute approximate surface area is 150 Å². The zero-order valence-corrected chi connectivity index (χ0v) is 16.3. The van der Waals surface area contributed by atoms with Crippen LogP contribution in [0.4, 0.5) is 5.69 Å². The van der Waals surface area contributed by atoms with E-state index in [0.29, 0.717) is 24.3 Å². The van der Waals surface area contributed by atoms with E-state index in [1.807, 2.05) is 18.2 Å². The molecule has 0 bridgehead atoms. The van der Waals surface area contributed by atoms with Gasteiger partial charge in [-0.15, -0.1) is 24.0 Å². The number of benzene rings is 1. The SMILES string of the molecule is COc1ccc(OC)c(NC(N)=NCCN(C)C(C)C)c1.I. The molecule has 0 radical (unpaired) electrons. The van der Waals surface area contributed by atoms with E-state index < -0.39 is 0 Å². The fourth-order valence-corrected chi connectivity index (χ4v) is 1.68. The highest BCUT2D eigenvalue weighted by Gasteiger charge is 2.06. The van der Waals surface area contributed by atoms with Crippen molar-refractivity contribution in [3.05, 3.63) is 18.2 Å². The van der Waals surface area contributed by atoms with Crippen molar-refractivity contribution in [2.75, 3.05) is 39.7 Å². The van der Waals surface area contributed by atoms with Gasteiger partial charge in [0.05, 0.1) is 26.5 Å². The van der Waals surface area contributed by atoms with Crippen LogP contribution >= 0.6 is 24.0 Å². The molecule has 0 heterocycles. The van der Waals surface area contributed by atoms with Crippen molar-refractivity contribution in [2.45, 2.75) is 19.9 Å². The van der Waals surface area contributed by atoms with Crippen LogP contribution in [0, 0.1) is 0 Å². The van der Waals surface area contributed by atoms with Crippen molar-refractivity contribution < 1.29 is 9.47 Å². The lowest BCUT2D eigenvalue weighted by Gasteiger charge is -2.19. The molecule has 0 unspecified atom stereocenters. The van der Waals surface area contributed by atoms with E-state index in [2.05, 4.69) is 36.1 Å². The lowest BCUT2D eigenvalue weighted by molar-refractivity contribution is 0.282. The fourth-order valence-electron chi connectivity index (χ4n) is 1.68. The van der Waals surface area contributed by atoms with Gasteiger partial charge in [-0.05, 0) is 33.0 Å². The molecule has 0 atom stereocenters. The van der Waals surface area contributed by atoms with Crippen LogP contribution in [0.3, 0.4) is 0 Å². The molecule has 0 fully saturated rings. The second-order valence-corrected chi connectivity index (χ2v) is 5.03. The van der Waals surface area contributed by atoms with Gasteiger partial charge in [0, 0.05) is 18.7 Å². The number of likely N-dealkylation sites (N-methyl/N-ethyl adjacent to an activating group) is 1. The monoisotopic (exact) mass is 422 g/mol. The van der Waals surface area contributed by atoms with E-state index >= 15 is 0 Å². The van der Waals surface area contributed by atoms with Gasteiger partial charge in [-0.25, -0.2) is 0 Å². The van der Waals surface area contributed by atoms with Crippen LogP contribution in [0.2, 0.25) is 0 Å². The molecule has 1 aromatic carbocycles. The molecule has 0 saturated carbocycles. The van der Waals surface area contributed by atoms with Gasteiger partial charge in [0.2, 0.25) is 0 Å². The number of nitrogens with two attached hydrogens (primary N) is 1. The predicted molar refractivity (Wildman–Crippen MR) is 103 cm³/mol. The van der Waals surface area contributed by atoms with Crippen LogP contribution in [0.5, 0.6) is 11.5 Å². The number of aliphatic imine (C=N–C) groups is 1. The summed E-state index contributed by atoms with van der Waals surface area (Å²) in [5, 5.41) is 3.04. The summed E-state index contributed by atoms with van der Waals surface area (Å²) in [5.74, 6) is 1.78. The van der Waals surface area contributed by atoms with Gasteiger partial charge in [0.15, 0.2) is 5.96 Å². The molecule has 0 aliphatic heterocycles. The van der Waals surface area contributed by atoms with Gasteiger partial charge < -0.3 is 25.4 Å². The van der Waals surface area contributed by atoms with E-state index in [0.717, 1.165) is 18.0 Å². The maximum Gasteiger partial charge on any atom is 0.193 e.